The fourth-order valence-electron chi connectivity index (χ4n) is 2.16. The van der Waals surface area contributed by atoms with Gasteiger partial charge in [-0.05, 0) is 30.3 Å². The molecule has 1 heterocycles. The summed E-state index contributed by atoms with van der Waals surface area (Å²) < 4.78 is 12.9. The first-order chi connectivity index (χ1) is 13.2. The molecule has 3 rings (SSSR count). The highest BCUT2D eigenvalue weighted by Crippen LogP contribution is 2.21. The van der Waals surface area contributed by atoms with Gasteiger partial charge in [-0.1, -0.05) is 34.1 Å². The van der Waals surface area contributed by atoms with E-state index in [0.717, 1.165) is 15.7 Å². The number of rotatable bonds is 7. The molecule has 1 amide bonds. The van der Waals surface area contributed by atoms with Crippen molar-refractivity contribution < 1.29 is 14.3 Å². The molecule has 0 radical (unpaired) electrons. The van der Waals surface area contributed by atoms with E-state index < -0.39 is 5.91 Å². The summed E-state index contributed by atoms with van der Waals surface area (Å²) >= 11 is 3.38. The third kappa shape index (κ3) is 5.14. The van der Waals surface area contributed by atoms with E-state index in [1.807, 2.05) is 42.5 Å². The zero-order valence-electron chi connectivity index (χ0n) is 14.4. The largest absolute Gasteiger partial charge is 0.496 e. The van der Waals surface area contributed by atoms with Gasteiger partial charge in [0.2, 0.25) is 0 Å². The van der Waals surface area contributed by atoms with Crippen molar-refractivity contribution in [3.8, 4) is 17.4 Å². The summed E-state index contributed by atoms with van der Waals surface area (Å²) in [7, 11) is 1.56. The molecule has 0 aliphatic rings. The highest BCUT2D eigenvalue weighted by atomic mass is 79.9. The summed E-state index contributed by atoms with van der Waals surface area (Å²) in [5.41, 5.74) is 3.95. The summed E-state index contributed by atoms with van der Waals surface area (Å²) in [5.74, 6) is 0.208. The Labute approximate surface area is 164 Å². The number of methoxy groups -OCH3 is 1. The predicted molar refractivity (Wildman–Crippen MR) is 103 cm³/mol. The lowest BCUT2D eigenvalue weighted by atomic mass is 10.2. The molecule has 0 fully saturated rings. The van der Waals surface area contributed by atoms with Gasteiger partial charge >= 0.3 is 6.01 Å². The molecular weight excluding hydrogens is 414 g/mol. The van der Waals surface area contributed by atoms with Crippen molar-refractivity contribution in [2.45, 2.75) is 0 Å². The molecule has 0 saturated carbocycles. The van der Waals surface area contributed by atoms with Crippen LogP contribution in [-0.4, -0.2) is 40.6 Å². The quantitative estimate of drug-likeness (QED) is 0.460. The topological polar surface area (TPSA) is 90.6 Å². The molecule has 0 aliphatic heterocycles. The SMILES string of the molecule is COc1ccc(Br)cc1/C=N/NC(=O)COc1ncn(-c2ccccc2)n1. The van der Waals surface area contributed by atoms with Crippen LogP contribution in [0, 0.1) is 0 Å². The number of carbonyl (C=O) groups excluding carboxylic acids is 1. The van der Waals surface area contributed by atoms with Gasteiger partial charge in [0.05, 0.1) is 19.0 Å². The van der Waals surface area contributed by atoms with Crippen LogP contribution in [0.3, 0.4) is 0 Å². The Kier molecular flexibility index (Phi) is 6.16. The minimum absolute atomic E-state index is 0.103. The first-order valence-electron chi connectivity index (χ1n) is 7.91. The van der Waals surface area contributed by atoms with Crippen molar-refractivity contribution in [1.82, 2.24) is 20.2 Å². The average molecular weight is 430 g/mol. The van der Waals surface area contributed by atoms with Crippen molar-refractivity contribution in [2.24, 2.45) is 5.10 Å². The molecule has 0 unspecified atom stereocenters. The monoisotopic (exact) mass is 429 g/mol. The number of hydrazone groups is 1. The average Bonchev–Trinajstić information content (AvgIpc) is 3.16. The van der Waals surface area contributed by atoms with Gasteiger partial charge in [-0.25, -0.2) is 10.1 Å². The zero-order chi connectivity index (χ0) is 19.1. The van der Waals surface area contributed by atoms with Gasteiger partial charge in [-0.2, -0.15) is 10.1 Å². The van der Waals surface area contributed by atoms with E-state index in [9.17, 15) is 4.79 Å². The normalized spacial score (nSPS) is 10.7. The zero-order valence-corrected chi connectivity index (χ0v) is 16.0. The van der Waals surface area contributed by atoms with Gasteiger partial charge in [0, 0.05) is 10.0 Å². The number of carbonyl (C=O) groups is 1. The summed E-state index contributed by atoms with van der Waals surface area (Å²) in [6.45, 7) is -0.258. The minimum Gasteiger partial charge on any atom is -0.496 e. The molecule has 9 heteroatoms. The summed E-state index contributed by atoms with van der Waals surface area (Å²) in [6, 6.07) is 15.0. The lowest BCUT2D eigenvalue weighted by molar-refractivity contribution is -0.123. The number of hydrogen-bond donors (Lipinski definition) is 1. The molecule has 1 aromatic heterocycles. The third-order valence-electron chi connectivity index (χ3n) is 3.41. The Morgan fingerprint density at radius 3 is 2.89 bits per heavy atom. The van der Waals surface area contributed by atoms with Gasteiger partial charge in [0.25, 0.3) is 5.91 Å². The highest BCUT2D eigenvalue weighted by Gasteiger charge is 2.07. The number of ether oxygens (including phenoxy) is 2. The highest BCUT2D eigenvalue weighted by molar-refractivity contribution is 9.10. The minimum atomic E-state index is -0.434. The Hall–Kier alpha value is -3.20. The Balaban J connectivity index is 1.52. The van der Waals surface area contributed by atoms with Gasteiger partial charge in [-0.15, -0.1) is 5.10 Å². The fraction of sp³-hybridized carbons (Fsp3) is 0.111. The van der Waals surface area contributed by atoms with E-state index in [1.54, 1.807) is 17.9 Å². The van der Waals surface area contributed by atoms with Crippen molar-refractivity contribution in [3.05, 3.63) is 64.9 Å². The van der Waals surface area contributed by atoms with Crippen LogP contribution in [0.2, 0.25) is 0 Å². The van der Waals surface area contributed by atoms with E-state index in [1.165, 1.54) is 12.5 Å². The number of halogens is 1. The Bertz CT molecular complexity index is 943. The Morgan fingerprint density at radius 2 is 2.11 bits per heavy atom. The van der Waals surface area contributed by atoms with Gasteiger partial charge in [0.15, 0.2) is 6.61 Å². The lowest BCUT2D eigenvalue weighted by Gasteiger charge is -2.04. The number of para-hydroxylation sites is 1. The van der Waals surface area contributed by atoms with E-state index in [-0.39, 0.29) is 12.6 Å². The summed E-state index contributed by atoms with van der Waals surface area (Å²) in [6.07, 6.45) is 3.00. The van der Waals surface area contributed by atoms with Crippen molar-refractivity contribution in [2.75, 3.05) is 13.7 Å². The maximum Gasteiger partial charge on any atom is 0.336 e. The first kappa shape index (κ1) is 18.6. The van der Waals surface area contributed by atoms with Gasteiger partial charge < -0.3 is 9.47 Å². The van der Waals surface area contributed by atoms with Crippen LogP contribution >= 0.6 is 15.9 Å². The maximum atomic E-state index is 11.9. The fourth-order valence-corrected chi connectivity index (χ4v) is 2.54. The first-order valence-corrected chi connectivity index (χ1v) is 8.70. The van der Waals surface area contributed by atoms with Gasteiger partial charge in [0.1, 0.15) is 12.1 Å². The van der Waals surface area contributed by atoms with Crippen LogP contribution in [0.1, 0.15) is 5.56 Å². The molecule has 0 saturated heterocycles. The Morgan fingerprint density at radius 1 is 1.30 bits per heavy atom. The molecule has 2 aromatic carbocycles. The molecule has 3 aromatic rings. The number of hydrogen-bond acceptors (Lipinski definition) is 6. The van der Waals surface area contributed by atoms with E-state index in [4.69, 9.17) is 9.47 Å². The molecular formula is C18H16BrN5O3. The van der Waals surface area contributed by atoms with Crippen LogP contribution in [0.4, 0.5) is 0 Å². The van der Waals surface area contributed by atoms with E-state index in [2.05, 4.69) is 36.5 Å². The van der Waals surface area contributed by atoms with Crippen molar-refractivity contribution in [1.29, 1.82) is 0 Å². The van der Waals surface area contributed by atoms with E-state index >= 15 is 0 Å². The molecule has 0 atom stereocenters. The maximum absolute atomic E-state index is 11.9. The van der Waals surface area contributed by atoms with Crippen LogP contribution < -0.4 is 14.9 Å². The molecule has 138 valence electrons. The molecule has 1 N–H and O–H groups in total. The third-order valence-corrected chi connectivity index (χ3v) is 3.90. The summed E-state index contributed by atoms with van der Waals surface area (Å²) in [4.78, 5) is 15.9. The second-order valence-corrected chi connectivity index (χ2v) is 6.19. The second-order valence-electron chi connectivity index (χ2n) is 5.28. The van der Waals surface area contributed by atoms with Gasteiger partial charge in [-0.3, -0.25) is 4.79 Å². The molecule has 8 nitrogen and oxygen atoms in total. The predicted octanol–water partition coefficient (Wildman–Crippen LogP) is 2.57. The number of nitrogens with zero attached hydrogens (tertiary/aromatic N) is 4. The number of amides is 1. The van der Waals surface area contributed by atoms with Crippen LogP contribution in [0.15, 0.2) is 64.4 Å². The molecule has 0 bridgehead atoms. The van der Waals surface area contributed by atoms with E-state index in [0.29, 0.717) is 5.75 Å². The van der Waals surface area contributed by atoms with Crippen LogP contribution in [-0.2, 0) is 4.79 Å². The summed E-state index contributed by atoms with van der Waals surface area (Å²) in [5, 5.41) is 8.06. The van der Waals surface area contributed by atoms with Crippen molar-refractivity contribution in [3.63, 3.8) is 0 Å². The number of nitrogens with one attached hydrogen (secondary N) is 1. The second kappa shape index (κ2) is 8.95. The van der Waals surface area contributed by atoms with Crippen molar-refractivity contribution >= 4 is 28.1 Å². The van der Waals surface area contributed by atoms with Crippen LogP contribution in [0.25, 0.3) is 5.69 Å². The van der Waals surface area contributed by atoms with Crippen LogP contribution in [0.5, 0.6) is 11.8 Å². The molecule has 0 aliphatic carbocycles. The number of aromatic nitrogens is 3. The standard InChI is InChI=1S/C18H16BrN5O3/c1-26-16-8-7-14(19)9-13(16)10-21-22-17(25)11-27-18-20-12-24(23-18)15-5-3-2-4-6-15/h2-10,12H,11H2,1H3,(H,22,25)/b21-10+. The molecule has 0 spiro atoms. The molecule has 27 heavy (non-hydrogen) atoms. The smallest absolute Gasteiger partial charge is 0.336 e. The lowest BCUT2D eigenvalue weighted by Crippen LogP contribution is -2.25. The number of benzene rings is 2.